The molecule has 1 aliphatic carbocycles. The van der Waals surface area contributed by atoms with Crippen LogP contribution in [0.2, 0.25) is 0 Å². The summed E-state index contributed by atoms with van der Waals surface area (Å²) in [6, 6.07) is 14.9. The number of hydrogen-bond acceptors (Lipinski definition) is 4. The lowest BCUT2D eigenvalue weighted by molar-refractivity contribution is -0.138. The van der Waals surface area contributed by atoms with Crippen LogP contribution >= 0.6 is 0 Å². The number of ether oxygens (including phenoxy) is 2. The maximum atomic E-state index is 11.1. The van der Waals surface area contributed by atoms with Crippen LogP contribution in [0.3, 0.4) is 0 Å². The smallest absolute Gasteiger partial charge is 0.330 e. The van der Waals surface area contributed by atoms with Crippen molar-refractivity contribution >= 4 is 5.97 Å². The van der Waals surface area contributed by atoms with Crippen molar-refractivity contribution in [3.63, 3.8) is 0 Å². The molecule has 0 heterocycles. The Morgan fingerprint density at radius 2 is 1.76 bits per heavy atom. The van der Waals surface area contributed by atoms with E-state index in [1.54, 1.807) is 0 Å². The minimum Gasteiger partial charge on any atom is -0.490 e. The van der Waals surface area contributed by atoms with Gasteiger partial charge in [-0.25, -0.2) is 4.79 Å². The molecule has 0 aromatic heterocycles. The van der Waals surface area contributed by atoms with Gasteiger partial charge in [-0.15, -0.1) is 0 Å². The number of hydrogen-bond donors (Lipinski definition) is 1. The quantitative estimate of drug-likeness (QED) is 0.368. The molecule has 0 atom stereocenters. The van der Waals surface area contributed by atoms with Crippen LogP contribution in [0.4, 0.5) is 0 Å². The maximum Gasteiger partial charge on any atom is 0.330 e. The first-order valence-corrected chi connectivity index (χ1v) is 10.5. The van der Waals surface area contributed by atoms with Crippen LogP contribution in [-0.4, -0.2) is 30.9 Å². The third kappa shape index (κ3) is 5.94. The van der Waals surface area contributed by atoms with Gasteiger partial charge in [0, 0.05) is 12.7 Å². The third-order valence-corrected chi connectivity index (χ3v) is 5.52. The molecule has 2 aromatic rings. The molecule has 0 radical (unpaired) electrons. The van der Waals surface area contributed by atoms with Crippen molar-refractivity contribution in [1.82, 2.24) is 0 Å². The summed E-state index contributed by atoms with van der Waals surface area (Å²) in [5.74, 6) is 0.945. The van der Waals surface area contributed by atoms with Crippen molar-refractivity contribution in [3.8, 4) is 16.9 Å². The molecule has 1 N–H and O–H groups in total. The Morgan fingerprint density at radius 3 is 2.45 bits per heavy atom. The van der Waals surface area contributed by atoms with Crippen molar-refractivity contribution in [2.45, 2.75) is 44.4 Å². The van der Waals surface area contributed by atoms with Crippen molar-refractivity contribution in [3.05, 3.63) is 66.2 Å². The number of carbonyl (C=O) groups excluding carboxylic acids is 1. The predicted molar refractivity (Wildman–Crippen MR) is 115 cm³/mol. The molecule has 4 nitrogen and oxygen atoms in total. The first-order chi connectivity index (χ1) is 14.2. The van der Waals surface area contributed by atoms with Gasteiger partial charge in [-0.05, 0) is 53.5 Å². The van der Waals surface area contributed by atoms with Gasteiger partial charge < -0.3 is 14.6 Å². The van der Waals surface area contributed by atoms with E-state index in [0.717, 1.165) is 22.8 Å². The highest BCUT2D eigenvalue weighted by Crippen LogP contribution is 2.34. The summed E-state index contributed by atoms with van der Waals surface area (Å²) in [6.45, 7) is 3.84. The van der Waals surface area contributed by atoms with Crippen LogP contribution in [0, 0.1) is 0 Å². The van der Waals surface area contributed by atoms with Gasteiger partial charge in [-0.2, -0.15) is 0 Å². The van der Waals surface area contributed by atoms with Crippen molar-refractivity contribution in [2.75, 3.05) is 19.8 Å². The summed E-state index contributed by atoms with van der Waals surface area (Å²) in [6.07, 6.45) is 8.28. The molecule has 1 fully saturated rings. The molecule has 0 bridgehead atoms. The number of carbonyl (C=O) groups is 1. The van der Waals surface area contributed by atoms with Gasteiger partial charge in [0.25, 0.3) is 0 Å². The molecule has 3 rings (SSSR count). The molecular weight excluding hydrogens is 364 g/mol. The lowest BCUT2D eigenvalue weighted by atomic mass is 9.83. The van der Waals surface area contributed by atoms with Gasteiger partial charge >= 0.3 is 5.97 Å². The molecule has 29 heavy (non-hydrogen) atoms. The number of aliphatic hydroxyl groups excluding tert-OH is 1. The zero-order chi connectivity index (χ0) is 20.5. The van der Waals surface area contributed by atoms with Gasteiger partial charge in [0.15, 0.2) is 0 Å². The Hall–Kier alpha value is -2.59. The van der Waals surface area contributed by atoms with E-state index < -0.39 is 5.97 Å². The van der Waals surface area contributed by atoms with Crippen LogP contribution in [0.1, 0.15) is 49.1 Å². The average Bonchev–Trinajstić information content (AvgIpc) is 2.78. The number of benzene rings is 2. The van der Waals surface area contributed by atoms with E-state index in [-0.39, 0.29) is 19.8 Å². The first-order valence-electron chi connectivity index (χ1n) is 10.5. The lowest BCUT2D eigenvalue weighted by Gasteiger charge is -2.22. The van der Waals surface area contributed by atoms with Crippen LogP contribution in [0.15, 0.2) is 55.1 Å². The second-order valence-corrected chi connectivity index (χ2v) is 7.47. The van der Waals surface area contributed by atoms with E-state index in [9.17, 15) is 9.90 Å². The molecule has 0 saturated heterocycles. The molecule has 154 valence electrons. The van der Waals surface area contributed by atoms with Crippen LogP contribution in [0.25, 0.3) is 11.1 Å². The molecule has 1 aliphatic rings. The fourth-order valence-electron chi connectivity index (χ4n) is 3.93. The number of rotatable bonds is 9. The van der Waals surface area contributed by atoms with Gasteiger partial charge in [0.1, 0.15) is 19.0 Å². The Balaban J connectivity index is 1.71. The zero-order valence-electron chi connectivity index (χ0n) is 16.9. The van der Waals surface area contributed by atoms with Gasteiger partial charge in [-0.3, -0.25) is 0 Å². The van der Waals surface area contributed by atoms with Gasteiger partial charge in [0.2, 0.25) is 0 Å². The number of aliphatic hydroxyl groups is 1. The van der Waals surface area contributed by atoms with E-state index >= 15 is 0 Å². The summed E-state index contributed by atoms with van der Waals surface area (Å²) in [5.41, 5.74) is 4.58. The molecule has 0 amide bonds. The highest BCUT2D eigenvalue weighted by Gasteiger charge is 2.15. The van der Waals surface area contributed by atoms with E-state index in [4.69, 9.17) is 9.47 Å². The van der Waals surface area contributed by atoms with E-state index in [2.05, 4.69) is 36.9 Å². The molecule has 0 aliphatic heterocycles. The van der Waals surface area contributed by atoms with Gasteiger partial charge in [0.05, 0.1) is 0 Å². The molecule has 0 unspecified atom stereocenters. The largest absolute Gasteiger partial charge is 0.490 e. The zero-order valence-corrected chi connectivity index (χ0v) is 16.9. The van der Waals surface area contributed by atoms with E-state index in [1.165, 1.54) is 37.7 Å². The monoisotopic (exact) mass is 394 g/mol. The van der Waals surface area contributed by atoms with E-state index in [1.807, 2.05) is 12.1 Å². The van der Waals surface area contributed by atoms with Gasteiger partial charge in [-0.1, -0.05) is 62.2 Å². The summed E-state index contributed by atoms with van der Waals surface area (Å²) in [5, 5.41) is 9.33. The highest BCUT2D eigenvalue weighted by molar-refractivity contribution is 5.81. The third-order valence-electron chi connectivity index (χ3n) is 5.52. The molecule has 2 aromatic carbocycles. The minimum absolute atomic E-state index is 0.0528. The van der Waals surface area contributed by atoms with E-state index in [0.29, 0.717) is 18.1 Å². The van der Waals surface area contributed by atoms with Crippen LogP contribution in [-0.2, 0) is 16.0 Å². The normalized spacial score (nSPS) is 14.4. The van der Waals surface area contributed by atoms with Crippen LogP contribution < -0.4 is 4.74 Å². The van der Waals surface area contributed by atoms with Crippen molar-refractivity contribution in [2.24, 2.45) is 0 Å². The Labute approximate surface area is 173 Å². The highest BCUT2D eigenvalue weighted by atomic mass is 16.6. The molecular formula is C25H30O4. The standard InChI is InChI=1S/C25H30O4/c1-2-25(27)29-17-16-28-24-18-23(13-12-22(24)14-15-26)21-10-8-20(9-11-21)19-6-4-3-5-7-19/h2,8-13,18-19,26H,1,3-7,14-17H2. The maximum absolute atomic E-state index is 11.1. The average molecular weight is 395 g/mol. The fraction of sp³-hybridized carbons (Fsp3) is 0.400. The summed E-state index contributed by atoms with van der Waals surface area (Å²) in [4.78, 5) is 11.1. The number of esters is 1. The first kappa shape index (κ1) is 21.1. The Morgan fingerprint density at radius 1 is 1.03 bits per heavy atom. The second kappa shape index (κ2) is 10.8. The van der Waals surface area contributed by atoms with Crippen LogP contribution in [0.5, 0.6) is 5.75 Å². The predicted octanol–water partition coefficient (Wildman–Crippen LogP) is 5.04. The summed E-state index contributed by atoms with van der Waals surface area (Å²) < 4.78 is 10.8. The van der Waals surface area contributed by atoms with Crippen molar-refractivity contribution < 1.29 is 19.4 Å². The topological polar surface area (TPSA) is 55.8 Å². The fourth-order valence-corrected chi connectivity index (χ4v) is 3.93. The Kier molecular flexibility index (Phi) is 7.88. The Bertz CT molecular complexity index is 804. The SMILES string of the molecule is C=CC(=O)OCCOc1cc(-c2ccc(C3CCCCC3)cc2)ccc1CCO. The molecule has 0 spiro atoms. The minimum atomic E-state index is -0.462. The second-order valence-electron chi connectivity index (χ2n) is 7.47. The lowest BCUT2D eigenvalue weighted by Crippen LogP contribution is -2.11. The van der Waals surface area contributed by atoms with Crippen molar-refractivity contribution in [1.29, 1.82) is 0 Å². The molecule has 4 heteroatoms. The summed E-state index contributed by atoms with van der Waals surface area (Å²) >= 11 is 0. The molecule has 1 saturated carbocycles. The summed E-state index contributed by atoms with van der Waals surface area (Å²) in [7, 11) is 0.